The van der Waals surface area contributed by atoms with Crippen molar-refractivity contribution in [2.75, 3.05) is 13.2 Å². The lowest BCUT2D eigenvalue weighted by molar-refractivity contribution is -0.160. The summed E-state index contributed by atoms with van der Waals surface area (Å²) in [4.78, 5) is 22.5. The lowest BCUT2D eigenvalue weighted by atomic mass is 10.0. The van der Waals surface area contributed by atoms with Crippen LogP contribution >= 0.6 is 0 Å². The summed E-state index contributed by atoms with van der Waals surface area (Å²) in [5.41, 5.74) is 0. The summed E-state index contributed by atoms with van der Waals surface area (Å²) in [6.07, 6.45) is -2.27. The lowest BCUT2D eigenvalue weighted by Crippen LogP contribution is -2.35. The fraction of sp³-hybridized carbons (Fsp3) is 0.875. The molecule has 0 bridgehead atoms. The number of rotatable bonds is 13. The monoisotopic (exact) mass is 350 g/mol. The Bertz CT molecular complexity index is 326. The Morgan fingerprint density at radius 1 is 0.708 bits per heavy atom. The van der Waals surface area contributed by atoms with Crippen LogP contribution in [0.5, 0.6) is 0 Å². The molecule has 8 heteroatoms. The maximum Gasteiger partial charge on any atom is 0.337 e. The van der Waals surface area contributed by atoms with E-state index in [1.165, 1.54) is 0 Å². The van der Waals surface area contributed by atoms with Crippen LogP contribution in [0.15, 0.2) is 0 Å². The first-order chi connectivity index (χ1) is 11.3. The van der Waals surface area contributed by atoms with Crippen LogP contribution in [0.3, 0.4) is 0 Å². The van der Waals surface area contributed by atoms with Crippen molar-refractivity contribution in [3.05, 3.63) is 0 Å². The zero-order chi connectivity index (χ0) is 18.5. The molecule has 0 aromatic heterocycles. The third kappa shape index (κ3) is 9.17. The molecule has 0 rings (SSSR count). The van der Waals surface area contributed by atoms with Gasteiger partial charge in [0.1, 0.15) is 0 Å². The number of carbonyl (C=O) groups excluding carboxylic acids is 2. The van der Waals surface area contributed by atoms with Gasteiger partial charge >= 0.3 is 11.9 Å². The number of aliphatic hydroxyl groups is 4. The number of hydrogen-bond donors (Lipinski definition) is 4. The summed E-state index contributed by atoms with van der Waals surface area (Å²) in [6, 6.07) is 0. The van der Waals surface area contributed by atoms with Crippen LogP contribution in [0, 0.1) is 0 Å². The molecule has 0 saturated heterocycles. The molecule has 0 amide bonds. The van der Waals surface area contributed by atoms with Gasteiger partial charge in [0.15, 0.2) is 12.2 Å². The predicted octanol–water partition coefficient (Wildman–Crippen LogP) is -0.103. The minimum absolute atomic E-state index is 0.141. The van der Waals surface area contributed by atoms with Gasteiger partial charge in [-0.1, -0.05) is 25.7 Å². The van der Waals surface area contributed by atoms with Gasteiger partial charge < -0.3 is 29.9 Å². The van der Waals surface area contributed by atoms with Gasteiger partial charge in [0.05, 0.1) is 25.4 Å². The molecule has 24 heavy (non-hydrogen) atoms. The Labute approximate surface area is 142 Å². The van der Waals surface area contributed by atoms with E-state index in [4.69, 9.17) is 0 Å². The highest BCUT2D eigenvalue weighted by Crippen LogP contribution is 2.13. The van der Waals surface area contributed by atoms with Crippen LogP contribution in [-0.4, -0.2) is 70.0 Å². The average Bonchev–Trinajstić information content (AvgIpc) is 2.56. The minimum atomic E-state index is -1.54. The van der Waals surface area contributed by atoms with Crippen LogP contribution in [0.25, 0.3) is 0 Å². The van der Waals surface area contributed by atoms with E-state index in [2.05, 4.69) is 9.47 Å². The standard InChI is InChI=1S/C16H30O8/c1-3-23-15(21)13(19)11(17)9-7-5-6-8-10-12(18)14(20)16(22)24-4-2/h11-14,17-20H,3-10H2,1-2H3/t11-,12-,13+,14+/m1/s1. The molecular formula is C16H30O8. The Morgan fingerprint density at radius 2 is 1.04 bits per heavy atom. The summed E-state index contributed by atoms with van der Waals surface area (Å²) in [5.74, 6) is -1.66. The van der Waals surface area contributed by atoms with Gasteiger partial charge in [-0.25, -0.2) is 9.59 Å². The Hall–Kier alpha value is -1.22. The summed E-state index contributed by atoms with van der Waals surface area (Å²) in [6.45, 7) is 3.51. The molecule has 4 atom stereocenters. The van der Waals surface area contributed by atoms with Crippen LogP contribution in [0.2, 0.25) is 0 Å². The molecule has 142 valence electrons. The maximum atomic E-state index is 11.2. The van der Waals surface area contributed by atoms with Crippen LogP contribution in [-0.2, 0) is 19.1 Å². The molecule has 0 heterocycles. The van der Waals surface area contributed by atoms with Gasteiger partial charge in [0, 0.05) is 0 Å². The van der Waals surface area contributed by atoms with Crippen molar-refractivity contribution >= 4 is 11.9 Å². The van der Waals surface area contributed by atoms with Gasteiger partial charge in [0.25, 0.3) is 0 Å². The van der Waals surface area contributed by atoms with Crippen molar-refractivity contribution in [2.24, 2.45) is 0 Å². The molecule has 0 saturated carbocycles. The van der Waals surface area contributed by atoms with Gasteiger partial charge in [0.2, 0.25) is 0 Å². The highest BCUT2D eigenvalue weighted by molar-refractivity contribution is 5.75. The second-order valence-electron chi connectivity index (χ2n) is 5.52. The first-order valence-corrected chi connectivity index (χ1v) is 8.40. The predicted molar refractivity (Wildman–Crippen MR) is 85.0 cm³/mol. The Kier molecular flexibility index (Phi) is 12.4. The molecule has 0 aliphatic rings. The van der Waals surface area contributed by atoms with Gasteiger partial charge in [-0.15, -0.1) is 0 Å². The molecule has 0 fully saturated rings. The number of unbranched alkanes of at least 4 members (excludes halogenated alkanes) is 3. The fourth-order valence-corrected chi connectivity index (χ4v) is 2.15. The zero-order valence-corrected chi connectivity index (χ0v) is 14.4. The van der Waals surface area contributed by atoms with E-state index in [0.29, 0.717) is 12.8 Å². The van der Waals surface area contributed by atoms with Crippen molar-refractivity contribution in [1.82, 2.24) is 0 Å². The van der Waals surface area contributed by atoms with Crippen molar-refractivity contribution in [2.45, 2.75) is 76.8 Å². The number of esters is 2. The van der Waals surface area contributed by atoms with E-state index < -0.39 is 36.4 Å². The van der Waals surface area contributed by atoms with Crippen molar-refractivity contribution in [3.63, 3.8) is 0 Å². The normalized spacial score (nSPS) is 16.1. The van der Waals surface area contributed by atoms with Crippen LogP contribution < -0.4 is 0 Å². The second-order valence-corrected chi connectivity index (χ2v) is 5.52. The van der Waals surface area contributed by atoms with E-state index in [0.717, 1.165) is 12.8 Å². The average molecular weight is 350 g/mol. The molecule has 0 spiro atoms. The van der Waals surface area contributed by atoms with Crippen molar-refractivity contribution in [1.29, 1.82) is 0 Å². The largest absolute Gasteiger partial charge is 0.464 e. The Balaban J connectivity index is 3.79. The first-order valence-electron chi connectivity index (χ1n) is 8.40. The van der Waals surface area contributed by atoms with Crippen molar-refractivity contribution in [3.8, 4) is 0 Å². The first kappa shape index (κ1) is 22.8. The third-order valence-electron chi connectivity index (χ3n) is 3.53. The molecule has 0 aliphatic heterocycles. The smallest absolute Gasteiger partial charge is 0.337 e. The molecule has 8 nitrogen and oxygen atoms in total. The maximum absolute atomic E-state index is 11.2. The highest BCUT2D eigenvalue weighted by Gasteiger charge is 2.26. The molecule has 0 aromatic rings. The SMILES string of the molecule is CCOC(=O)[C@@H](O)[C@H](O)CCCCCC[C@@H](O)[C@H](O)C(=O)OCC. The topological polar surface area (TPSA) is 134 Å². The van der Waals surface area contributed by atoms with Gasteiger partial charge in [-0.2, -0.15) is 0 Å². The molecule has 0 radical (unpaired) electrons. The van der Waals surface area contributed by atoms with Crippen LogP contribution in [0.4, 0.5) is 0 Å². The van der Waals surface area contributed by atoms with E-state index in [1.807, 2.05) is 0 Å². The van der Waals surface area contributed by atoms with Gasteiger partial charge in [-0.05, 0) is 26.7 Å². The summed E-state index contributed by atoms with van der Waals surface area (Å²) in [5, 5.41) is 38.4. The third-order valence-corrected chi connectivity index (χ3v) is 3.53. The molecule has 0 aliphatic carbocycles. The number of carbonyl (C=O) groups is 2. The van der Waals surface area contributed by atoms with E-state index in [9.17, 15) is 30.0 Å². The van der Waals surface area contributed by atoms with E-state index in [-0.39, 0.29) is 26.1 Å². The summed E-state index contributed by atoms with van der Waals surface area (Å²) >= 11 is 0. The molecule has 4 N–H and O–H groups in total. The van der Waals surface area contributed by atoms with Crippen LogP contribution in [0.1, 0.15) is 52.4 Å². The minimum Gasteiger partial charge on any atom is -0.464 e. The summed E-state index contributed by atoms with van der Waals surface area (Å²) < 4.78 is 9.23. The molecule has 0 unspecified atom stereocenters. The van der Waals surface area contributed by atoms with Gasteiger partial charge in [-0.3, -0.25) is 0 Å². The molecule has 0 aromatic carbocycles. The quantitative estimate of drug-likeness (QED) is 0.267. The Morgan fingerprint density at radius 3 is 1.33 bits per heavy atom. The fourth-order valence-electron chi connectivity index (χ4n) is 2.15. The number of aliphatic hydroxyl groups excluding tert-OH is 4. The van der Waals surface area contributed by atoms with Crippen molar-refractivity contribution < 1.29 is 39.5 Å². The second kappa shape index (κ2) is 13.1. The van der Waals surface area contributed by atoms with E-state index in [1.54, 1.807) is 13.8 Å². The highest BCUT2D eigenvalue weighted by atomic mass is 16.6. The molecular weight excluding hydrogens is 320 g/mol. The number of hydrogen-bond acceptors (Lipinski definition) is 8. The lowest BCUT2D eigenvalue weighted by Gasteiger charge is -2.17. The summed E-state index contributed by atoms with van der Waals surface area (Å²) in [7, 11) is 0. The zero-order valence-electron chi connectivity index (χ0n) is 14.4. The van der Waals surface area contributed by atoms with E-state index >= 15 is 0 Å². The number of ether oxygens (including phenoxy) is 2.